The van der Waals surface area contributed by atoms with Crippen LogP contribution in [-0.2, 0) is 4.79 Å². The first-order valence-corrected chi connectivity index (χ1v) is 5.20. The van der Waals surface area contributed by atoms with E-state index in [4.69, 9.17) is 5.11 Å². The molecule has 0 aromatic carbocycles. The maximum absolute atomic E-state index is 11.4. The summed E-state index contributed by atoms with van der Waals surface area (Å²) in [7, 11) is 0. The fourth-order valence-corrected chi connectivity index (χ4v) is 2.69. The minimum Gasteiger partial charge on any atom is -0.365 e. The molecule has 0 amide bonds. The summed E-state index contributed by atoms with van der Waals surface area (Å²) < 4.78 is 0. The molecular formula is C8H9N2O2S. The summed E-state index contributed by atoms with van der Waals surface area (Å²) >= 11 is 1.71. The Bertz CT molecular complexity index is 282. The van der Waals surface area contributed by atoms with Crippen molar-refractivity contribution in [3.63, 3.8) is 0 Å². The predicted octanol–water partition coefficient (Wildman–Crippen LogP) is 0.129. The zero-order chi connectivity index (χ0) is 9.26. The third kappa shape index (κ3) is 1.66. The van der Waals surface area contributed by atoms with E-state index in [-0.39, 0.29) is 11.0 Å². The SMILES string of the molecule is O=C1C(C2CCCS2)=N[C]=NC1O. The van der Waals surface area contributed by atoms with Gasteiger partial charge >= 0.3 is 0 Å². The molecule has 0 aliphatic carbocycles. The molecule has 0 aromatic rings. The molecule has 0 saturated carbocycles. The highest BCUT2D eigenvalue weighted by Crippen LogP contribution is 2.28. The van der Waals surface area contributed by atoms with Gasteiger partial charge in [0, 0.05) is 0 Å². The zero-order valence-electron chi connectivity index (χ0n) is 6.93. The van der Waals surface area contributed by atoms with Crippen LogP contribution < -0.4 is 0 Å². The third-order valence-corrected chi connectivity index (χ3v) is 3.46. The van der Waals surface area contributed by atoms with E-state index in [1.807, 2.05) is 0 Å². The van der Waals surface area contributed by atoms with E-state index in [1.165, 1.54) is 0 Å². The number of nitrogens with zero attached hydrogens (tertiary/aromatic N) is 2. The van der Waals surface area contributed by atoms with Gasteiger partial charge < -0.3 is 5.11 Å². The van der Waals surface area contributed by atoms with E-state index in [2.05, 4.69) is 16.3 Å². The number of carbonyl (C=O) groups is 1. The lowest BCUT2D eigenvalue weighted by atomic mass is 10.1. The number of Topliss-reactive ketones (excluding diaryl/α,β-unsaturated/α-hetero) is 1. The van der Waals surface area contributed by atoms with E-state index in [0.717, 1.165) is 18.6 Å². The summed E-state index contributed by atoms with van der Waals surface area (Å²) in [6, 6.07) is 0. The number of thioether (sulfide) groups is 1. The first kappa shape index (κ1) is 8.90. The largest absolute Gasteiger partial charge is 0.365 e. The zero-order valence-corrected chi connectivity index (χ0v) is 7.75. The number of hydrogen-bond acceptors (Lipinski definition) is 5. The van der Waals surface area contributed by atoms with Gasteiger partial charge in [0.15, 0.2) is 6.34 Å². The van der Waals surface area contributed by atoms with Crippen LogP contribution in [0.25, 0.3) is 0 Å². The molecule has 1 N–H and O–H groups in total. The lowest BCUT2D eigenvalue weighted by molar-refractivity contribution is -0.120. The predicted molar refractivity (Wildman–Crippen MR) is 51.4 cm³/mol. The fourth-order valence-electron chi connectivity index (χ4n) is 1.41. The number of rotatable bonds is 1. The van der Waals surface area contributed by atoms with Crippen molar-refractivity contribution in [3.8, 4) is 0 Å². The summed E-state index contributed by atoms with van der Waals surface area (Å²) in [5.41, 5.74) is 0.435. The van der Waals surface area contributed by atoms with Crippen molar-refractivity contribution >= 4 is 29.6 Å². The maximum atomic E-state index is 11.4. The number of carbonyl (C=O) groups excluding carboxylic acids is 1. The highest BCUT2D eigenvalue weighted by molar-refractivity contribution is 8.01. The second kappa shape index (κ2) is 3.59. The summed E-state index contributed by atoms with van der Waals surface area (Å²) in [6.07, 6.45) is 3.12. The minimum atomic E-state index is -1.27. The van der Waals surface area contributed by atoms with Crippen molar-refractivity contribution in [1.29, 1.82) is 0 Å². The van der Waals surface area contributed by atoms with Gasteiger partial charge in [-0.1, -0.05) is 0 Å². The Balaban J connectivity index is 2.17. The molecule has 69 valence electrons. The van der Waals surface area contributed by atoms with Gasteiger partial charge in [0.2, 0.25) is 12.0 Å². The molecule has 2 unspecified atom stereocenters. The quantitative estimate of drug-likeness (QED) is 0.650. The van der Waals surface area contributed by atoms with Gasteiger partial charge in [-0.2, -0.15) is 11.8 Å². The van der Waals surface area contributed by atoms with Crippen LogP contribution in [0.15, 0.2) is 9.98 Å². The molecule has 2 aliphatic heterocycles. The van der Waals surface area contributed by atoms with Gasteiger partial charge in [-0.3, -0.25) is 4.79 Å². The molecule has 1 fully saturated rings. The standard InChI is InChI=1S/C8H9N2O2S/c11-7-6(5-2-1-3-13-5)9-4-10-8(7)12/h5,8,12H,1-3H2. The van der Waals surface area contributed by atoms with Crippen molar-refractivity contribution in [2.24, 2.45) is 9.98 Å². The summed E-state index contributed by atoms with van der Waals surface area (Å²) in [5.74, 6) is 0.697. The molecule has 0 aromatic heterocycles. The van der Waals surface area contributed by atoms with E-state index in [1.54, 1.807) is 11.8 Å². The van der Waals surface area contributed by atoms with Gasteiger partial charge in [-0.05, 0) is 18.6 Å². The number of aliphatic imine (C=N–C) groups is 2. The van der Waals surface area contributed by atoms with Crippen LogP contribution in [0.5, 0.6) is 0 Å². The number of hydrogen-bond donors (Lipinski definition) is 1. The Kier molecular flexibility index (Phi) is 2.46. The number of aliphatic hydroxyl groups excluding tert-OH is 1. The lowest BCUT2D eigenvalue weighted by Gasteiger charge is -2.14. The topological polar surface area (TPSA) is 62.0 Å². The van der Waals surface area contributed by atoms with Crippen LogP contribution in [0.1, 0.15) is 12.8 Å². The second-order valence-electron chi connectivity index (χ2n) is 2.97. The average molecular weight is 197 g/mol. The third-order valence-electron chi connectivity index (χ3n) is 2.07. The van der Waals surface area contributed by atoms with Gasteiger partial charge in [-0.15, -0.1) is 0 Å². The number of ketones is 1. The molecule has 2 rings (SSSR count). The molecule has 13 heavy (non-hydrogen) atoms. The van der Waals surface area contributed by atoms with Crippen LogP contribution in [0.4, 0.5) is 0 Å². The number of aliphatic hydroxyl groups is 1. The van der Waals surface area contributed by atoms with Crippen LogP contribution in [0, 0.1) is 0 Å². The van der Waals surface area contributed by atoms with Gasteiger partial charge in [-0.25, -0.2) is 9.98 Å². The first-order valence-electron chi connectivity index (χ1n) is 4.15. The summed E-state index contributed by atoms with van der Waals surface area (Å²) in [6.45, 7) is 0. The molecular weight excluding hydrogens is 188 g/mol. The van der Waals surface area contributed by atoms with Crippen molar-refractivity contribution < 1.29 is 9.90 Å². The Morgan fingerprint density at radius 3 is 3.15 bits per heavy atom. The fraction of sp³-hybridized carbons (Fsp3) is 0.625. The highest BCUT2D eigenvalue weighted by Gasteiger charge is 2.31. The van der Waals surface area contributed by atoms with Crippen molar-refractivity contribution in [2.45, 2.75) is 24.3 Å². The van der Waals surface area contributed by atoms with E-state index >= 15 is 0 Å². The smallest absolute Gasteiger partial charge is 0.229 e. The van der Waals surface area contributed by atoms with Crippen molar-refractivity contribution in [3.05, 3.63) is 0 Å². The Hall–Kier alpha value is -0.680. The lowest BCUT2D eigenvalue weighted by Crippen LogP contribution is -2.35. The molecule has 0 spiro atoms. The Labute approximate surface area is 80.2 Å². The first-order chi connectivity index (χ1) is 6.29. The van der Waals surface area contributed by atoms with Crippen molar-refractivity contribution in [2.75, 3.05) is 5.75 Å². The Morgan fingerprint density at radius 1 is 1.62 bits per heavy atom. The van der Waals surface area contributed by atoms with E-state index in [9.17, 15) is 4.79 Å². The van der Waals surface area contributed by atoms with E-state index < -0.39 is 6.23 Å². The Morgan fingerprint density at radius 2 is 2.46 bits per heavy atom. The highest BCUT2D eigenvalue weighted by atomic mass is 32.2. The molecule has 4 nitrogen and oxygen atoms in total. The van der Waals surface area contributed by atoms with Crippen LogP contribution in [-0.4, -0.2) is 40.2 Å². The molecule has 2 aliphatic rings. The van der Waals surface area contributed by atoms with E-state index in [0.29, 0.717) is 5.71 Å². The van der Waals surface area contributed by atoms with Gasteiger partial charge in [0.05, 0.1) is 5.25 Å². The monoisotopic (exact) mass is 197 g/mol. The normalized spacial score (nSPS) is 33.6. The molecule has 0 bridgehead atoms. The molecule has 2 atom stereocenters. The maximum Gasteiger partial charge on any atom is 0.229 e. The molecule has 1 saturated heterocycles. The van der Waals surface area contributed by atoms with Gasteiger partial charge in [0.25, 0.3) is 0 Å². The van der Waals surface area contributed by atoms with Crippen LogP contribution in [0.2, 0.25) is 0 Å². The minimum absolute atomic E-state index is 0.144. The van der Waals surface area contributed by atoms with Crippen LogP contribution in [0.3, 0.4) is 0 Å². The molecule has 2 heterocycles. The molecule has 1 radical (unpaired) electrons. The summed E-state index contributed by atoms with van der Waals surface area (Å²) in [4.78, 5) is 18.6. The van der Waals surface area contributed by atoms with Crippen molar-refractivity contribution in [1.82, 2.24) is 0 Å². The molecule has 5 heteroatoms. The average Bonchev–Trinajstić information content (AvgIpc) is 2.62. The summed E-state index contributed by atoms with van der Waals surface area (Å²) in [5, 5.41) is 9.28. The van der Waals surface area contributed by atoms with Gasteiger partial charge in [0.1, 0.15) is 5.71 Å². The second-order valence-corrected chi connectivity index (χ2v) is 4.28. The van der Waals surface area contributed by atoms with Crippen LogP contribution >= 0.6 is 11.8 Å².